The van der Waals surface area contributed by atoms with Crippen LogP contribution in [0.1, 0.15) is 18.7 Å². The fraction of sp³-hybridized carbons (Fsp3) is 0.706. The van der Waals surface area contributed by atoms with Gasteiger partial charge in [0.25, 0.3) is 0 Å². The number of anilines is 2. The van der Waals surface area contributed by atoms with Gasteiger partial charge >= 0.3 is 0 Å². The van der Waals surface area contributed by atoms with E-state index in [9.17, 15) is 0 Å². The minimum Gasteiger partial charge on any atom is -0.378 e. The topological polar surface area (TPSA) is 97.1 Å². The molecule has 2 atom stereocenters. The number of hydrogen-bond acceptors (Lipinski definition) is 9. The second kappa shape index (κ2) is 7.73. The van der Waals surface area contributed by atoms with Gasteiger partial charge in [0.15, 0.2) is 5.82 Å². The Bertz CT molecular complexity index is 760. The van der Waals surface area contributed by atoms with E-state index in [1.165, 1.54) is 12.8 Å². The van der Waals surface area contributed by atoms with Crippen LogP contribution < -0.4 is 10.2 Å². The maximum atomic E-state index is 5.65. The fourth-order valence-electron chi connectivity index (χ4n) is 3.48. The molecule has 0 aromatic carbocycles. The Morgan fingerprint density at radius 1 is 1.30 bits per heavy atom. The monoisotopic (exact) mass is 373 g/mol. The number of nitrogens with zero attached hydrogens (tertiary/aromatic N) is 8. The van der Waals surface area contributed by atoms with Crippen molar-refractivity contribution in [1.29, 1.82) is 0 Å². The summed E-state index contributed by atoms with van der Waals surface area (Å²) in [7, 11) is 5.93. The summed E-state index contributed by atoms with van der Waals surface area (Å²) in [5.74, 6) is 3.01. The fourth-order valence-corrected chi connectivity index (χ4v) is 3.48. The molecule has 2 aromatic heterocycles. The van der Waals surface area contributed by atoms with Gasteiger partial charge in [-0.3, -0.25) is 0 Å². The van der Waals surface area contributed by atoms with E-state index in [0.29, 0.717) is 18.5 Å². The molecule has 10 nitrogen and oxygen atoms in total. The number of tetrazole rings is 1. The van der Waals surface area contributed by atoms with Gasteiger partial charge in [-0.15, -0.1) is 5.10 Å². The van der Waals surface area contributed by atoms with E-state index in [1.807, 2.05) is 10.7 Å². The second-order valence-electron chi connectivity index (χ2n) is 7.52. The van der Waals surface area contributed by atoms with Crippen molar-refractivity contribution in [3.63, 3.8) is 0 Å². The van der Waals surface area contributed by atoms with Crippen LogP contribution in [0.15, 0.2) is 12.3 Å². The Morgan fingerprint density at radius 2 is 2.15 bits per heavy atom. The highest BCUT2D eigenvalue weighted by Gasteiger charge is 2.35. The molecule has 0 bridgehead atoms. The highest BCUT2D eigenvalue weighted by Crippen LogP contribution is 2.30. The largest absolute Gasteiger partial charge is 0.378 e. The first-order valence-corrected chi connectivity index (χ1v) is 9.40. The van der Waals surface area contributed by atoms with Gasteiger partial charge in [0.2, 0.25) is 5.95 Å². The summed E-state index contributed by atoms with van der Waals surface area (Å²) >= 11 is 0. The van der Waals surface area contributed by atoms with Gasteiger partial charge in [-0.25, -0.2) is 9.67 Å². The molecule has 1 saturated carbocycles. The number of aromatic nitrogens is 6. The van der Waals surface area contributed by atoms with E-state index < -0.39 is 0 Å². The molecule has 1 aliphatic heterocycles. The standard InChI is InChI=1S/C17H27N9O/c1-24(2)13-10-25(11-14(13)27-3)15-6-7-18-17(20-15)19-8-16-21-22-23-26(16)9-12-4-5-12/h6-7,12-14H,4-5,8-11H2,1-3H3,(H,18,19,20)/t13-,14+/m0/s1. The van der Waals surface area contributed by atoms with E-state index in [2.05, 4.69) is 54.7 Å². The lowest BCUT2D eigenvalue weighted by Crippen LogP contribution is -2.39. The molecular formula is C17H27N9O. The van der Waals surface area contributed by atoms with Crippen molar-refractivity contribution < 1.29 is 4.74 Å². The number of methoxy groups -OCH3 is 1. The molecule has 2 aliphatic rings. The molecule has 0 amide bonds. The SMILES string of the molecule is CO[C@@H]1CN(c2ccnc(NCc3nnnn3CC3CC3)n2)C[C@@H]1N(C)C. The predicted molar refractivity (Wildman–Crippen MR) is 100 cm³/mol. The molecule has 1 N–H and O–H groups in total. The summed E-state index contributed by atoms with van der Waals surface area (Å²) in [6.45, 7) is 3.09. The van der Waals surface area contributed by atoms with Gasteiger partial charge in [0, 0.05) is 32.9 Å². The molecule has 10 heteroatoms. The lowest BCUT2D eigenvalue weighted by Gasteiger charge is -2.23. The first-order valence-electron chi connectivity index (χ1n) is 9.40. The Morgan fingerprint density at radius 3 is 2.85 bits per heavy atom. The summed E-state index contributed by atoms with van der Waals surface area (Å²) in [6.07, 6.45) is 4.48. The van der Waals surface area contributed by atoms with Crippen molar-refractivity contribution in [1.82, 2.24) is 35.1 Å². The van der Waals surface area contributed by atoms with Gasteiger partial charge in [0.1, 0.15) is 5.82 Å². The lowest BCUT2D eigenvalue weighted by atomic mass is 10.2. The average molecular weight is 373 g/mol. The molecule has 3 heterocycles. The third-order valence-electron chi connectivity index (χ3n) is 5.31. The minimum atomic E-state index is 0.165. The van der Waals surface area contributed by atoms with Crippen LogP contribution in [0, 0.1) is 5.92 Å². The zero-order chi connectivity index (χ0) is 18.8. The van der Waals surface area contributed by atoms with Crippen molar-refractivity contribution in [2.24, 2.45) is 5.92 Å². The summed E-state index contributed by atoms with van der Waals surface area (Å²) in [5.41, 5.74) is 0. The van der Waals surface area contributed by atoms with Crippen molar-refractivity contribution in [2.45, 2.75) is 38.1 Å². The van der Waals surface area contributed by atoms with Gasteiger partial charge in [0.05, 0.1) is 18.7 Å². The number of likely N-dealkylation sites (N-methyl/N-ethyl adjacent to an activating group) is 1. The lowest BCUT2D eigenvalue weighted by molar-refractivity contribution is 0.0639. The molecule has 1 aliphatic carbocycles. The van der Waals surface area contributed by atoms with Crippen molar-refractivity contribution in [3.05, 3.63) is 18.1 Å². The van der Waals surface area contributed by atoms with E-state index in [1.54, 1.807) is 13.3 Å². The summed E-state index contributed by atoms with van der Waals surface area (Å²) in [4.78, 5) is 13.5. The van der Waals surface area contributed by atoms with E-state index in [4.69, 9.17) is 4.74 Å². The molecule has 27 heavy (non-hydrogen) atoms. The summed E-state index contributed by atoms with van der Waals surface area (Å²) < 4.78 is 7.52. The smallest absolute Gasteiger partial charge is 0.224 e. The van der Waals surface area contributed by atoms with Gasteiger partial charge in [-0.05, 0) is 49.3 Å². The van der Waals surface area contributed by atoms with Crippen LogP contribution in [-0.2, 0) is 17.8 Å². The Balaban J connectivity index is 1.40. The Hall–Kier alpha value is -2.33. The normalized spacial score (nSPS) is 22.6. The van der Waals surface area contributed by atoms with Crippen molar-refractivity contribution >= 4 is 11.8 Å². The van der Waals surface area contributed by atoms with Crippen LogP contribution in [-0.4, -0.2) is 81.5 Å². The molecule has 2 aromatic rings. The van der Waals surface area contributed by atoms with E-state index >= 15 is 0 Å². The van der Waals surface area contributed by atoms with E-state index in [0.717, 1.165) is 37.2 Å². The Labute approximate surface area is 158 Å². The molecule has 0 unspecified atom stereocenters. The number of hydrogen-bond donors (Lipinski definition) is 1. The third kappa shape index (κ3) is 4.16. The molecule has 4 rings (SSSR count). The van der Waals surface area contributed by atoms with Crippen LogP contribution >= 0.6 is 0 Å². The number of ether oxygens (including phenoxy) is 1. The molecule has 146 valence electrons. The van der Waals surface area contributed by atoms with Crippen LogP contribution in [0.3, 0.4) is 0 Å². The number of rotatable bonds is 8. The zero-order valence-corrected chi connectivity index (χ0v) is 16.1. The van der Waals surface area contributed by atoms with Crippen molar-refractivity contribution in [2.75, 3.05) is 44.5 Å². The first-order chi connectivity index (χ1) is 13.1. The molecule has 0 spiro atoms. The third-order valence-corrected chi connectivity index (χ3v) is 5.31. The first kappa shape index (κ1) is 18.1. The molecule has 2 fully saturated rings. The predicted octanol–water partition coefficient (Wildman–Crippen LogP) is 0.250. The molecular weight excluding hydrogens is 346 g/mol. The summed E-state index contributed by atoms with van der Waals surface area (Å²) in [6, 6.07) is 2.28. The maximum Gasteiger partial charge on any atom is 0.224 e. The maximum absolute atomic E-state index is 5.65. The van der Waals surface area contributed by atoms with Gasteiger partial charge in [-0.2, -0.15) is 4.98 Å². The van der Waals surface area contributed by atoms with Crippen LogP contribution in [0.4, 0.5) is 11.8 Å². The van der Waals surface area contributed by atoms with Crippen LogP contribution in [0.2, 0.25) is 0 Å². The van der Waals surface area contributed by atoms with Gasteiger partial charge in [-0.1, -0.05) is 0 Å². The number of nitrogens with one attached hydrogen (secondary N) is 1. The van der Waals surface area contributed by atoms with Crippen LogP contribution in [0.5, 0.6) is 0 Å². The van der Waals surface area contributed by atoms with Crippen LogP contribution in [0.25, 0.3) is 0 Å². The molecule has 0 radical (unpaired) electrons. The zero-order valence-electron chi connectivity index (χ0n) is 16.1. The quantitative estimate of drug-likeness (QED) is 0.698. The van der Waals surface area contributed by atoms with E-state index in [-0.39, 0.29) is 6.10 Å². The highest BCUT2D eigenvalue weighted by atomic mass is 16.5. The van der Waals surface area contributed by atoms with Crippen molar-refractivity contribution in [3.8, 4) is 0 Å². The Kier molecular flexibility index (Phi) is 5.17. The summed E-state index contributed by atoms with van der Waals surface area (Å²) in [5, 5.41) is 15.2. The van der Waals surface area contributed by atoms with Gasteiger partial charge < -0.3 is 19.9 Å². The second-order valence-corrected chi connectivity index (χ2v) is 7.52. The molecule has 1 saturated heterocycles. The highest BCUT2D eigenvalue weighted by molar-refractivity contribution is 5.44. The minimum absolute atomic E-state index is 0.165. The average Bonchev–Trinajstić information content (AvgIpc) is 3.20.